The summed E-state index contributed by atoms with van der Waals surface area (Å²) in [4.78, 5) is 4.75. The molecule has 0 saturated carbocycles. The van der Waals surface area contributed by atoms with Crippen molar-refractivity contribution in [1.82, 2.24) is 9.55 Å². The van der Waals surface area contributed by atoms with E-state index in [9.17, 15) is 5.11 Å². The number of imidazole rings is 1. The van der Waals surface area contributed by atoms with Crippen LogP contribution < -0.4 is 4.74 Å². The third-order valence-electron chi connectivity index (χ3n) is 4.46. The van der Waals surface area contributed by atoms with E-state index in [2.05, 4.69) is 18.4 Å². The van der Waals surface area contributed by atoms with Crippen LogP contribution >= 0.6 is 35.6 Å². The first kappa shape index (κ1) is 21.8. The third kappa shape index (κ3) is 5.08. The lowest BCUT2D eigenvalue weighted by Gasteiger charge is -2.18. The predicted molar refractivity (Wildman–Crippen MR) is 114 cm³/mol. The lowest BCUT2D eigenvalue weighted by atomic mass is 10.1. The van der Waals surface area contributed by atoms with Crippen LogP contribution in [-0.2, 0) is 6.54 Å². The van der Waals surface area contributed by atoms with Gasteiger partial charge in [-0.25, -0.2) is 4.98 Å². The maximum Gasteiger partial charge on any atom is 0.138 e. The van der Waals surface area contributed by atoms with Gasteiger partial charge in [-0.1, -0.05) is 49.2 Å². The van der Waals surface area contributed by atoms with Crippen molar-refractivity contribution in [1.29, 1.82) is 0 Å². The maximum absolute atomic E-state index is 10.5. The molecule has 3 aromatic rings. The van der Waals surface area contributed by atoms with Crippen molar-refractivity contribution in [2.45, 2.75) is 38.8 Å². The maximum atomic E-state index is 10.5. The van der Waals surface area contributed by atoms with Gasteiger partial charge in [-0.05, 0) is 36.8 Å². The van der Waals surface area contributed by atoms with Gasteiger partial charge in [0.25, 0.3) is 0 Å². The zero-order chi connectivity index (χ0) is 18.7. The lowest BCUT2D eigenvalue weighted by Crippen LogP contribution is -2.25. The van der Waals surface area contributed by atoms with E-state index in [4.69, 9.17) is 32.9 Å². The molecular weight excluding hydrogens is 407 g/mol. The minimum Gasteiger partial charge on any atom is -0.489 e. The van der Waals surface area contributed by atoms with Gasteiger partial charge in [-0.2, -0.15) is 0 Å². The summed E-state index contributed by atoms with van der Waals surface area (Å²) >= 11 is 12.0. The molecule has 7 heteroatoms. The first-order chi connectivity index (χ1) is 12.5. The molecule has 146 valence electrons. The molecule has 0 aliphatic heterocycles. The second-order valence-corrected chi connectivity index (χ2v) is 7.26. The van der Waals surface area contributed by atoms with Crippen molar-refractivity contribution >= 4 is 46.6 Å². The van der Waals surface area contributed by atoms with Crippen molar-refractivity contribution in [2.75, 3.05) is 6.61 Å². The number of aliphatic hydroxyl groups is 1. The normalized spacial score (nSPS) is 13.2. The van der Waals surface area contributed by atoms with Gasteiger partial charge in [-0.15, -0.1) is 12.4 Å². The predicted octanol–water partition coefficient (Wildman–Crippen LogP) is 5.72. The van der Waals surface area contributed by atoms with Crippen molar-refractivity contribution in [3.63, 3.8) is 0 Å². The number of halogens is 3. The summed E-state index contributed by atoms with van der Waals surface area (Å²) in [5.41, 5.74) is 1.96. The number of rotatable bonds is 7. The molecule has 0 radical (unpaired) electrons. The highest BCUT2D eigenvalue weighted by atomic mass is 35.5. The monoisotopic (exact) mass is 428 g/mol. The van der Waals surface area contributed by atoms with Gasteiger partial charge in [0, 0.05) is 10.9 Å². The molecule has 0 fully saturated rings. The Morgan fingerprint density at radius 1 is 1.19 bits per heavy atom. The minimum absolute atomic E-state index is 0. The molecule has 27 heavy (non-hydrogen) atoms. The van der Waals surface area contributed by atoms with E-state index in [0.29, 0.717) is 28.3 Å². The smallest absolute Gasteiger partial charge is 0.138 e. The number of nitrogens with zero attached hydrogens (tertiary/aromatic N) is 2. The number of fused-ring (bicyclic) bond motifs is 1. The average Bonchev–Trinajstić information content (AvgIpc) is 2.99. The van der Waals surface area contributed by atoms with Crippen LogP contribution in [-0.4, -0.2) is 27.4 Å². The number of hydrogen-bond acceptors (Lipinski definition) is 3. The molecule has 4 nitrogen and oxygen atoms in total. The van der Waals surface area contributed by atoms with Crippen LogP contribution in [0, 0.1) is 0 Å². The quantitative estimate of drug-likeness (QED) is 0.522. The topological polar surface area (TPSA) is 47.3 Å². The lowest BCUT2D eigenvalue weighted by molar-refractivity contribution is 0.0925. The Morgan fingerprint density at radius 3 is 2.63 bits per heavy atom. The van der Waals surface area contributed by atoms with E-state index in [-0.39, 0.29) is 19.0 Å². The molecule has 0 spiro atoms. The van der Waals surface area contributed by atoms with Crippen molar-refractivity contribution in [3.8, 4) is 5.75 Å². The zero-order valence-corrected chi connectivity index (χ0v) is 17.6. The van der Waals surface area contributed by atoms with Gasteiger partial charge < -0.3 is 14.4 Å². The second-order valence-electron chi connectivity index (χ2n) is 6.42. The van der Waals surface area contributed by atoms with Crippen LogP contribution in [0.25, 0.3) is 11.0 Å². The molecule has 2 unspecified atom stereocenters. The molecular formula is C20H23Cl3N2O2. The average molecular weight is 430 g/mol. The Hall–Kier alpha value is -1.46. The highest BCUT2D eigenvalue weighted by Crippen LogP contribution is 2.28. The van der Waals surface area contributed by atoms with E-state index in [1.807, 2.05) is 24.3 Å². The Labute approximate surface area is 175 Å². The number of hydrogen-bond donors (Lipinski definition) is 1. The Kier molecular flexibility index (Phi) is 7.80. The van der Waals surface area contributed by atoms with Gasteiger partial charge in [0.1, 0.15) is 24.3 Å². The fourth-order valence-electron chi connectivity index (χ4n) is 2.89. The first-order valence-corrected chi connectivity index (χ1v) is 9.46. The molecule has 0 saturated heterocycles. The van der Waals surface area contributed by atoms with E-state index >= 15 is 0 Å². The molecule has 1 N–H and O–H groups in total. The van der Waals surface area contributed by atoms with Crippen LogP contribution in [0.2, 0.25) is 10.0 Å². The Balaban J connectivity index is 0.00000261. The summed E-state index contributed by atoms with van der Waals surface area (Å²) in [5, 5.41) is 11.5. The summed E-state index contributed by atoms with van der Waals surface area (Å²) in [7, 11) is 0. The molecule has 1 aromatic heterocycles. The van der Waals surface area contributed by atoms with Gasteiger partial charge in [-0.3, -0.25) is 0 Å². The summed E-state index contributed by atoms with van der Waals surface area (Å²) in [6, 6.07) is 13.0. The van der Waals surface area contributed by atoms with Gasteiger partial charge in [0.15, 0.2) is 0 Å². The number of benzene rings is 2. The zero-order valence-electron chi connectivity index (χ0n) is 15.2. The van der Waals surface area contributed by atoms with Crippen molar-refractivity contribution in [3.05, 3.63) is 58.3 Å². The van der Waals surface area contributed by atoms with E-state index < -0.39 is 6.10 Å². The Morgan fingerprint density at radius 2 is 1.93 bits per heavy atom. The molecule has 3 rings (SSSR count). The second kappa shape index (κ2) is 9.65. The van der Waals surface area contributed by atoms with Crippen molar-refractivity contribution in [2.24, 2.45) is 0 Å². The summed E-state index contributed by atoms with van der Waals surface area (Å²) in [6.07, 6.45) is 0.290. The Bertz CT molecular complexity index is 898. The highest BCUT2D eigenvalue weighted by Gasteiger charge is 2.18. The van der Waals surface area contributed by atoms with Crippen molar-refractivity contribution < 1.29 is 9.84 Å². The van der Waals surface area contributed by atoms with Gasteiger partial charge in [0.2, 0.25) is 0 Å². The molecule has 0 bridgehead atoms. The van der Waals surface area contributed by atoms with E-state index in [1.165, 1.54) is 0 Å². The minimum atomic E-state index is -0.692. The first-order valence-electron chi connectivity index (χ1n) is 8.70. The van der Waals surface area contributed by atoms with Gasteiger partial charge in [0.05, 0.1) is 22.6 Å². The summed E-state index contributed by atoms with van der Waals surface area (Å²) < 4.78 is 7.75. The fraction of sp³-hybridized carbons (Fsp3) is 0.350. The standard InChI is InChI=1S/C20H22Cl2N2O2.ClH/c1-3-13(2)20-23-17-6-4-5-7-18(17)24(20)11-15(25)12-26-19-9-8-14(21)10-16(19)22;/h4-10,13,15,25H,3,11-12H2,1-2H3;1H. The van der Waals surface area contributed by atoms with Crippen LogP contribution in [0.4, 0.5) is 0 Å². The van der Waals surface area contributed by atoms with Crippen LogP contribution in [0.3, 0.4) is 0 Å². The highest BCUT2D eigenvalue weighted by molar-refractivity contribution is 6.35. The largest absolute Gasteiger partial charge is 0.489 e. The van der Waals surface area contributed by atoms with Crippen LogP contribution in [0.15, 0.2) is 42.5 Å². The summed E-state index contributed by atoms with van der Waals surface area (Å²) in [5.74, 6) is 1.80. The molecule has 1 heterocycles. The van der Waals surface area contributed by atoms with E-state index in [0.717, 1.165) is 23.3 Å². The van der Waals surface area contributed by atoms with Crippen LogP contribution in [0.5, 0.6) is 5.75 Å². The SMILES string of the molecule is CCC(C)c1nc2ccccc2n1CC(O)COc1ccc(Cl)cc1Cl.Cl. The van der Waals surface area contributed by atoms with Crippen LogP contribution in [0.1, 0.15) is 32.0 Å². The number of para-hydroxylation sites is 2. The molecule has 2 atom stereocenters. The fourth-order valence-corrected chi connectivity index (χ4v) is 3.35. The van der Waals surface area contributed by atoms with Gasteiger partial charge >= 0.3 is 0 Å². The molecule has 0 aliphatic carbocycles. The molecule has 2 aromatic carbocycles. The number of ether oxygens (including phenoxy) is 1. The number of aliphatic hydroxyl groups excluding tert-OH is 1. The third-order valence-corrected chi connectivity index (χ3v) is 4.99. The van der Waals surface area contributed by atoms with E-state index in [1.54, 1.807) is 18.2 Å². The molecule has 0 amide bonds. The number of aromatic nitrogens is 2. The summed E-state index contributed by atoms with van der Waals surface area (Å²) in [6.45, 7) is 4.82. The molecule has 0 aliphatic rings.